The van der Waals surface area contributed by atoms with Gasteiger partial charge in [0, 0.05) is 12.8 Å². The Balaban J connectivity index is 2.18. The molecule has 1 aromatic rings. The summed E-state index contributed by atoms with van der Waals surface area (Å²) in [6.45, 7) is 6.57. The molecule has 0 spiro atoms. The number of hydrogen-bond acceptors (Lipinski definition) is 3. The number of furan rings is 1. The first-order valence-corrected chi connectivity index (χ1v) is 10.4. The molecule has 1 rings (SSSR count). The van der Waals surface area contributed by atoms with Gasteiger partial charge in [0.25, 0.3) is 0 Å². The van der Waals surface area contributed by atoms with E-state index >= 15 is 0 Å². The molecule has 26 heavy (non-hydrogen) atoms. The lowest BCUT2D eigenvalue weighted by atomic mass is 10.1. The highest BCUT2D eigenvalue weighted by molar-refractivity contribution is 5.68. The Labute approximate surface area is 160 Å². The summed E-state index contributed by atoms with van der Waals surface area (Å²) in [7, 11) is 1.45. The fraction of sp³-hybridized carbons (Fsp3) is 0.696. The molecule has 1 aromatic heterocycles. The predicted molar refractivity (Wildman–Crippen MR) is 109 cm³/mol. The van der Waals surface area contributed by atoms with Crippen LogP contribution in [0.4, 0.5) is 0 Å². The average molecular weight is 363 g/mol. The Bertz CT molecular complexity index is 540. The summed E-state index contributed by atoms with van der Waals surface area (Å²) < 4.78 is 10.7. The molecule has 0 radical (unpaired) electrons. The number of aryl methyl sites for hydroxylation is 1. The van der Waals surface area contributed by atoms with E-state index in [1.54, 1.807) is 0 Å². The number of allylic oxidation sites excluding steroid dienone is 1. The molecule has 0 aromatic carbocycles. The highest BCUT2D eigenvalue weighted by atomic mass is 16.5. The minimum absolute atomic E-state index is 0.0906. The number of esters is 1. The lowest BCUT2D eigenvalue weighted by molar-refractivity contribution is -0.140. The van der Waals surface area contributed by atoms with Crippen molar-refractivity contribution in [1.82, 2.24) is 0 Å². The van der Waals surface area contributed by atoms with Crippen molar-refractivity contribution >= 4 is 12.0 Å². The van der Waals surface area contributed by atoms with Gasteiger partial charge in [0.05, 0.1) is 7.11 Å². The molecule has 0 unspecified atom stereocenters. The Kier molecular flexibility index (Phi) is 11.8. The van der Waals surface area contributed by atoms with Gasteiger partial charge in [-0.2, -0.15) is 0 Å². The fourth-order valence-corrected chi connectivity index (χ4v) is 3.14. The largest absolute Gasteiger partial charge is 0.469 e. The second-order valence-electron chi connectivity index (χ2n) is 7.24. The molecule has 0 N–H and O–H groups in total. The molecule has 0 saturated carbocycles. The molecule has 0 aliphatic rings. The molecule has 0 amide bonds. The predicted octanol–water partition coefficient (Wildman–Crippen LogP) is 6.94. The number of hydrogen-bond donors (Lipinski definition) is 0. The van der Waals surface area contributed by atoms with Gasteiger partial charge in [-0.15, -0.1) is 0 Å². The lowest BCUT2D eigenvalue weighted by Gasteiger charge is -2.00. The van der Waals surface area contributed by atoms with E-state index in [0.717, 1.165) is 31.4 Å². The van der Waals surface area contributed by atoms with Gasteiger partial charge in [-0.05, 0) is 56.7 Å². The van der Waals surface area contributed by atoms with Crippen LogP contribution in [0.3, 0.4) is 0 Å². The van der Waals surface area contributed by atoms with Crippen molar-refractivity contribution in [2.24, 2.45) is 0 Å². The summed E-state index contributed by atoms with van der Waals surface area (Å²) in [5, 5.41) is 0. The number of unbranched alkanes of at least 4 members (excludes halogenated alkanes) is 8. The fourth-order valence-electron chi connectivity index (χ4n) is 3.14. The Morgan fingerprint density at radius 1 is 0.962 bits per heavy atom. The van der Waals surface area contributed by atoms with Crippen LogP contribution in [-0.2, 0) is 16.0 Å². The van der Waals surface area contributed by atoms with Crippen LogP contribution in [0.15, 0.2) is 10.5 Å². The average Bonchev–Trinajstić information content (AvgIpc) is 2.91. The van der Waals surface area contributed by atoms with E-state index in [9.17, 15) is 4.79 Å². The third-order valence-electron chi connectivity index (χ3n) is 5.09. The van der Waals surface area contributed by atoms with Crippen LogP contribution < -0.4 is 0 Å². The van der Waals surface area contributed by atoms with Gasteiger partial charge in [0.1, 0.15) is 11.5 Å². The third-order valence-corrected chi connectivity index (χ3v) is 5.09. The van der Waals surface area contributed by atoms with Crippen molar-refractivity contribution < 1.29 is 13.9 Å². The second-order valence-corrected chi connectivity index (χ2v) is 7.24. The lowest BCUT2D eigenvalue weighted by Crippen LogP contribution is -1.99. The maximum atomic E-state index is 11.0. The summed E-state index contributed by atoms with van der Waals surface area (Å²) in [6.07, 6.45) is 17.8. The van der Waals surface area contributed by atoms with E-state index in [4.69, 9.17) is 4.42 Å². The minimum atomic E-state index is -0.0906. The van der Waals surface area contributed by atoms with Crippen LogP contribution >= 0.6 is 0 Å². The van der Waals surface area contributed by atoms with E-state index in [1.807, 2.05) is 0 Å². The van der Waals surface area contributed by atoms with Crippen LogP contribution in [0.2, 0.25) is 0 Å². The van der Waals surface area contributed by atoms with Gasteiger partial charge in [-0.25, -0.2) is 0 Å². The van der Waals surface area contributed by atoms with Crippen LogP contribution in [0.25, 0.3) is 6.08 Å². The Morgan fingerprint density at radius 2 is 1.65 bits per heavy atom. The summed E-state index contributed by atoms with van der Waals surface area (Å²) in [6, 6.07) is 0. The van der Waals surface area contributed by atoms with E-state index in [2.05, 4.69) is 37.7 Å². The number of methoxy groups -OCH3 is 1. The highest BCUT2D eigenvalue weighted by Crippen LogP contribution is 2.24. The van der Waals surface area contributed by atoms with Crippen molar-refractivity contribution in [3.05, 3.63) is 28.7 Å². The van der Waals surface area contributed by atoms with E-state index < -0.39 is 0 Å². The van der Waals surface area contributed by atoms with Crippen molar-refractivity contribution in [2.45, 2.75) is 97.8 Å². The molecular weight excluding hydrogens is 324 g/mol. The van der Waals surface area contributed by atoms with E-state index in [0.29, 0.717) is 6.42 Å². The zero-order valence-corrected chi connectivity index (χ0v) is 17.4. The van der Waals surface area contributed by atoms with Crippen LogP contribution in [0.1, 0.15) is 100 Å². The van der Waals surface area contributed by atoms with Gasteiger partial charge in [0.15, 0.2) is 0 Å². The van der Waals surface area contributed by atoms with Gasteiger partial charge in [-0.1, -0.05) is 51.5 Å². The SMILES string of the molecule is CCCCCc1oc(C=CCCCCCCCCC(=O)OC)c(C)c1C. The topological polar surface area (TPSA) is 39.4 Å². The number of rotatable bonds is 14. The highest BCUT2D eigenvalue weighted by Gasteiger charge is 2.11. The molecule has 0 aliphatic heterocycles. The zero-order valence-electron chi connectivity index (χ0n) is 17.4. The summed E-state index contributed by atoms with van der Waals surface area (Å²) in [5.74, 6) is 2.12. The molecule has 0 saturated heterocycles. The van der Waals surface area contributed by atoms with Crippen molar-refractivity contribution in [1.29, 1.82) is 0 Å². The minimum Gasteiger partial charge on any atom is -0.469 e. The van der Waals surface area contributed by atoms with Crippen LogP contribution in [0.5, 0.6) is 0 Å². The number of carbonyl (C=O) groups is 1. The third kappa shape index (κ3) is 8.73. The zero-order chi connectivity index (χ0) is 19.2. The molecule has 0 aliphatic carbocycles. The molecule has 0 fully saturated rings. The summed E-state index contributed by atoms with van der Waals surface area (Å²) in [4.78, 5) is 11.0. The molecular formula is C23H38O3. The van der Waals surface area contributed by atoms with Crippen LogP contribution in [0, 0.1) is 13.8 Å². The first kappa shape index (κ1) is 22.5. The van der Waals surface area contributed by atoms with Gasteiger partial charge in [0.2, 0.25) is 0 Å². The standard InChI is InChI=1S/C23H38O3/c1-5-6-13-16-21-19(2)20(3)22(26-21)17-14-11-9-7-8-10-12-15-18-23(24)25-4/h14,17H,5-13,15-16,18H2,1-4H3. The molecule has 0 bridgehead atoms. The van der Waals surface area contributed by atoms with Crippen molar-refractivity contribution in [3.8, 4) is 0 Å². The maximum Gasteiger partial charge on any atom is 0.305 e. The Hall–Kier alpha value is -1.51. The quantitative estimate of drug-likeness (QED) is 0.266. The maximum absolute atomic E-state index is 11.0. The molecule has 3 heteroatoms. The van der Waals surface area contributed by atoms with Crippen molar-refractivity contribution in [3.63, 3.8) is 0 Å². The summed E-state index contributed by atoms with van der Waals surface area (Å²) >= 11 is 0. The molecule has 3 nitrogen and oxygen atoms in total. The number of carbonyl (C=O) groups excluding carboxylic acids is 1. The molecule has 1 heterocycles. The monoisotopic (exact) mass is 362 g/mol. The molecule has 0 atom stereocenters. The van der Waals surface area contributed by atoms with E-state index in [1.165, 1.54) is 68.9 Å². The van der Waals surface area contributed by atoms with Gasteiger partial charge < -0.3 is 9.15 Å². The normalized spacial score (nSPS) is 11.4. The Morgan fingerprint density at radius 3 is 2.35 bits per heavy atom. The van der Waals surface area contributed by atoms with Gasteiger partial charge >= 0.3 is 5.97 Å². The molecule has 148 valence electrons. The second kappa shape index (κ2) is 13.7. The summed E-state index contributed by atoms with van der Waals surface area (Å²) in [5.41, 5.74) is 2.62. The first-order valence-electron chi connectivity index (χ1n) is 10.4. The smallest absolute Gasteiger partial charge is 0.305 e. The van der Waals surface area contributed by atoms with Crippen molar-refractivity contribution in [2.75, 3.05) is 7.11 Å². The number of ether oxygens (including phenoxy) is 1. The van der Waals surface area contributed by atoms with Crippen LogP contribution in [-0.4, -0.2) is 13.1 Å². The first-order chi connectivity index (χ1) is 12.6. The van der Waals surface area contributed by atoms with E-state index in [-0.39, 0.29) is 5.97 Å². The van der Waals surface area contributed by atoms with Gasteiger partial charge in [-0.3, -0.25) is 4.79 Å².